The Labute approximate surface area is 116 Å². The van der Waals surface area contributed by atoms with Gasteiger partial charge in [0.1, 0.15) is 11.9 Å². The fourth-order valence-corrected chi connectivity index (χ4v) is 2.33. The molecule has 3 rings (SSSR count). The molecule has 0 saturated heterocycles. The largest absolute Gasteiger partial charge is 0.383 e. The van der Waals surface area contributed by atoms with Gasteiger partial charge in [-0.3, -0.25) is 0 Å². The van der Waals surface area contributed by atoms with Gasteiger partial charge in [-0.2, -0.15) is 0 Å². The van der Waals surface area contributed by atoms with E-state index in [1.165, 1.54) is 0 Å². The Morgan fingerprint density at radius 1 is 1.10 bits per heavy atom. The zero-order valence-corrected chi connectivity index (χ0v) is 11.1. The molecule has 0 spiro atoms. The molecule has 2 heterocycles. The van der Waals surface area contributed by atoms with Crippen LogP contribution in [0.1, 0.15) is 22.9 Å². The maximum atomic E-state index is 10.5. The number of nitrogen functional groups attached to an aromatic ring is 1. The van der Waals surface area contributed by atoms with Gasteiger partial charge in [-0.15, -0.1) is 0 Å². The Bertz CT molecular complexity index is 750. The van der Waals surface area contributed by atoms with Crippen LogP contribution in [0.15, 0.2) is 48.7 Å². The summed E-state index contributed by atoms with van der Waals surface area (Å²) in [5.41, 5.74) is 8.82. The SMILES string of the molecule is Cc1ccnc(N)c1C(O)c1ccc2ccccc2n1. The van der Waals surface area contributed by atoms with E-state index < -0.39 is 6.10 Å². The van der Waals surface area contributed by atoms with Crippen LogP contribution in [0.25, 0.3) is 10.9 Å². The van der Waals surface area contributed by atoms with Crippen molar-refractivity contribution in [1.82, 2.24) is 9.97 Å². The molecule has 3 N–H and O–H groups in total. The van der Waals surface area contributed by atoms with Crippen LogP contribution >= 0.6 is 0 Å². The predicted molar refractivity (Wildman–Crippen MR) is 79.2 cm³/mol. The molecule has 20 heavy (non-hydrogen) atoms. The maximum absolute atomic E-state index is 10.5. The number of benzene rings is 1. The lowest BCUT2D eigenvalue weighted by Gasteiger charge is -2.15. The fourth-order valence-electron chi connectivity index (χ4n) is 2.33. The van der Waals surface area contributed by atoms with Crippen molar-refractivity contribution in [3.05, 3.63) is 65.5 Å². The number of nitrogens with zero attached hydrogens (tertiary/aromatic N) is 2. The Morgan fingerprint density at radius 3 is 2.70 bits per heavy atom. The molecule has 0 aliphatic rings. The van der Waals surface area contributed by atoms with Gasteiger partial charge in [0.05, 0.1) is 11.2 Å². The zero-order chi connectivity index (χ0) is 14.1. The van der Waals surface area contributed by atoms with E-state index in [2.05, 4.69) is 9.97 Å². The lowest BCUT2D eigenvalue weighted by Crippen LogP contribution is -2.09. The van der Waals surface area contributed by atoms with Crippen LogP contribution in [0.3, 0.4) is 0 Å². The van der Waals surface area contributed by atoms with E-state index in [9.17, 15) is 5.11 Å². The molecule has 3 aromatic rings. The molecule has 100 valence electrons. The van der Waals surface area contributed by atoms with Crippen molar-refractivity contribution in [2.45, 2.75) is 13.0 Å². The molecule has 1 unspecified atom stereocenters. The number of rotatable bonds is 2. The van der Waals surface area contributed by atoms with Crippen LogP contribution in [0.5, 0.6) is 0 Å². The monoisotopic (exact) mass is 265 g/mol. The Hall–Kier alpha value is -2.46. The highest BCUT2D eigenvalue weighted by Gasteiger charge is 2.18. The summed E-state index contributed by atoms with van der Waals surface area (Å²) in [6, 6.07) is 13.4. The molecule has 0 amide bonds. The number of pyridine rings is 2. The zero-order valence-electron chi connectivity index (χ0n) is 11.1. The van der Waals surface area contributed by atoms with E-state index in [1.54, 1.807) is 6.20 Å². The van der Waals surface area contributed by atoms with E-state index in [-0.39, 0.29) is 0 Å². The molecule has 0 aliphatic carbocycles. The minimum absolute atomic E-state index is 0.340. The van der Waals surface area contributed by atoms with Crippen molar-refractivity contribution >= 4 is 16.7 Å². The number of para-hydroxylation sites is 1. The second-order valence-electron chi connectivity index (χ2n) is 4.76. The summed E-state index contributed by atoms with van der Waals surface area (Å²) < 4.78 is 0. The van der Waals surface area contributed by atoms with Crippen LogP contribution in [0.2, 0.25) is 0 Å². The van der Waals surface area contributed by atoms with Crippen molar-refractivity contribution in [2.24, 2.45) is 0 Å². The van der Waals surface area contributed by atoms with Gasteiger partial charge in [-0.1, -0.05) is 24.3 Å². The number of nitrogens with two attached hydrogens (primary N) is 1. The summed E-state index contributed by atoms with van der Waals surface area (Å²) in [5, 5.41) is 11.6. The van der Waals surface area contributed by atoms with Crippen molar-refractivity contribution in [3.63, 3.8) is 0 Å². The van der Waals surface area contributed by atoms with Crippen molar-refractivity contribution in [1.29, 1.82) is 0 Å². The fraction of sp³-hybridized carbons (Fsp3) is 0.125. The van der Waals surface area contributed by atoms with Crippen LogP contribution in [-0.4, -0.2) is 15.1 Å². The second kappa shape index (κ2) is 4.90. The first-order valence-corrected chi connectivity index (χ1v) is 6.41. The van der Waals surface area contributed by atoms with Crippen molar-refractivity contribution < 1.29 is 5.11 Å². The molecule has 0 radical (unpaired) electrons. The third kappa shape index (κ3) is 2.10. The van der Waals surface area contributed by atoms with Gasteiger partial charge in [-0.25, -0.2) is 9.97 Å². The van der Waals surface area contributed by atoms with Crippen LogP contribution in [0.4, 0.5) is 5.82 Å². The molecule has 1 aromatic carbocycles. The number of fused-ring (bicyclic) bond motifs is 1. The van der Waals surface area contributed by atoms with Crippen molar-refractivity contribution in [3.8, 4) is 0 Å². The van der Waals surface area contributed by atoms with Gasteiger partial charge in [0.2, 0.25) is 0 Å². The summed E-state index contributed by atoms with van der Waals surface area (Å²) in [7, 11) is 0. The molecule has 0 saturated carbocycles. The highest BCUT2D eigenvalue weighted by atomic mass is 16.3. The molecule has 0 fully saturated rings. The lowest BCUT2D eigenvalue weighted by molar-refractivity contribution is 0.215. The first-order chi connectivity index (χ1) is 9.66. The summed E-state index contributed by atoms with van der Waals surface area (Å²) in [6.45, 7) is 1.90. The first kappa shape index (κ1) is 12.6. The average molecular weight is 265 g/mol. The van der Waals surface area contributed by atoms with E-state index >= 15 is 0 Å². The predicted octanol–water partition coefficient (Wildman–Crippen LogP) is 2.60. The molecular weight excluding hydrogens is 250 g/mol. The van der Waals surface area contributed by atoms with E-state index in [1.807, 2.05) is 49.4 Å². The molecule has 4 heteroatoms. The third-order valence-corrected chi connectivity index (χ3v) is 3.41. The third-order valence-electron chi connectivity index (χ3n) is 3.41. The number of aromatic nitrogens is 2. The number of aryl methyl sites for hydroxylation is 1. The maximum Gasteiger partial charge on any atom is 0.129 e. The summed E-state index contributed by atoms with van der Waals surface area (Å²) >= 11 is 0. The normalized spacial score (nSPS) is 12.5. The molecule has 0 bridgehead atoms. The minimum atomic E-state index is -0.867. The summed E-state index contributed by atoms with van der Waals surface area (Å²) in [4.78, 5) is 8.54. The van der Waals surface area contributed by atoms with Crippen LogP contribution in [0, 0.1) is 6.92 Å². The van der Waals surface area contributed by atoms with Gasteiger partial charge >= 0.3 is 0 Å². The molecule has 2 aromatic heterocycles. The Morgan fingerprint density at radius 2 is 1.90 bits per heavy atom. The van der Waals surface area contributed by atoms with E-state index in [0.29, 0.717) is 17.1 Å². The molecular formula is C16H15N3O. The van der Waals surface area contributed by atoms with Gasteiger partial charge in [0.15, 0.2) is 0 Å². The Kier molecular flexibility index (Phi) is 3.08. The van der Waals surface area contributed by atoms with Gasteiger partial charge < -0.3 is 10.8 Å². The van der Waals surface area contributed by atoms with Crippen LogP contribution in [-0.2, 0) is 0 Å². The van der Waals surface area contributed by atoms with Crippen molar-refractivity contribution in [2.75, 3.05) is 5.73 Å². The lowest BCUT2D eigenvalue weighted by atomic mass is 10.0. The molecule has 4 nitrogen and oxygen atoms in total. The van der Waals surface area contributed by atoms with Gasteiger partial charge in [0, 0.05) is 17.1 Å². The van der Waals surface area contributed by atoms with Gasteiger partial charge in [0.25, 0.3) is 0 Å². The average Bonchev–Trinajstić information content (AvgIpc) is 2.46. The highest BCUT2D eigenvalue weighted by Crippen LogP contribution is 2.28. The summed E-state index contributed by atoms with van der Waals surface area (Å²) in [5.74, 6) is 0.340. The number of hydrogen-bond donors (Lipinski definition) is 2. The standard InChI is InChI=1S/C16H15N3O/c1-10-8-9-18-16(17)14(10)15(20)13-7-6-11-4-2-3-5-12(11)19-13/h2-9,15,20H,1H3,(H2,17,18). The smallest absolute Gasteiger partial charge is 0.129 e. The quantitative estimate of drug-likeness (QED) is 0.747. The Balaban J connectivity index is 2.10. The van der Waals surface area contributed by atoms with Crippen LogP contribution < -0.4 is 5.73 Å². The minimum Gasteiger partial charge on any atom is -0.383 e. The van der Waals surface area contributed by atoms with Gasteiger partial charge in [-0.05, 0) is 30.7 Å². The van der Waals surface area contributed by atoms with E-state index in [4.69, 9.17) is 5.73 Å². The number of aliphatic hydroxyl groups excluding tert-OH is 1. The molecule has 1 atom stereocenters. The first-order valence-electron chi connectivity index (χ1n) is 6.41. The highest BCUT2D eigenvalue weighted by molar-refractivity contribution is 5.78. The number of aliphatic hydroxyl groups is 1. The number of anilines is 1. The second-order valence-corrected chi connectivity index (χ2v) is 4.76. The topological polar surface area (TPSA) is 72.0 Å². The summed E-state index contributed by atoms with van der Waals surface area (Å²) in [6.07, 6.45) is 0.766. The van der Waals surface area contributed by atoms with E-state index in [0.717, 1.165) is 16.5 Å². The molecule has 0 aliphatic heterocycles. The number of hydrogen-bond acceptors (Lipinski definition) is 4.